The molecule has 0 atom stereocenters. The highest BCUT2D eigenvalue weighted by molar-refractivity contribution is 6.15. The second-order valence-electron chi connectivity index (χ2n) is 5.98. The molecule has 0 radical (unpaired) electrons. The highest BCUT2D eigenvalue weighted by Gasteiger charge is 2.37. The molecule has 0 unspecified atom stereocenters. The van der Waals surface area contributed by atoms with Crippen LogP contribution in [-0.4, -0.2) is 30.0 Å². The highest BCUT2D eigenvalue weighted by atomic mass is 16.3. The summed E-state index contributed by atoms with van der Waals surface area (Å²) in [4.78, 5) is 28.2. The van der Waals surface area contributed by atoms with Crippen molar-refractivity contribution in [3.05, 3.63) is 83.6 Å². The first-order valence-corrected chi connectivity index (χ1v) is 8.01. The van der Waals surface area contributed by atoms with Crippen LogP contribution in [0.25, 0.3) is 0 Å². The lowest BCUT2D eigenvalue weighted by Crippen LogP contribution is -2.28. The molecule has 0 aliphatic carbocycles. The third kappa shape index (κ3) is 2.59. The SMILES string of the molecule is O=C1C=C(C2=C(O)CN(c3ccccc3)C2=O)CN1c1ccccc1. The molecule has 4 rings (SSSR count). The van der Waals surface area contributed by atoms with Crippen LogP contribution in [0.4, 0.5) is 11.4 Å². The van der Waals surface area contributed by atoms with E-state index in [9.17, 15) is 14.7 Å². The normalized spacial score (nSPS) is 17.5. The largest absolute Gasteiger partial charge is 0.510 e. The molecule has 2 aromatic carbocycles. The lowest BCUT2D eigenvalue weighted by Gasteiger charge is -2.18. The molecule has 5 heteroatoms. The first kappa shape index (κ1) is 15.2. The molecule has 2 amide bonds. The molecule has 0 aromatic heterocycles. The molecular weight excluding hydrogens is 316 g/mol. The molecule has 0 bridgehead atoms. The van der Waals surface area contributed by atoms with Gasteiger partial charge in [0.25, 0.3) is 11.8 Å². The molecule has 2 heterocycles. The van der Waals surface area contributed by atoms with Crippen molar-refractivity contribution in [3.63, 3.8) is 0 Å². The van der Waals surface area contributed by atoms with E-state index in [-0.39, 0.29) is 36.2 Å². The highest BCUT2D eigenvalue weighted by Crippen LogP contribution is 2.32. The van der Waals surface area contributed by atoms with Crippen LogP contribution in [0.2, 0.25) is 0 Å². The Labute approximate surface area is 145 Å². The molecule has 5 nitrogen and oxygen atoms in total. The van der Waals surface area contributed by atoms with Crippen LogP contribution < -0.4 is 9.80 Å². The van der Waals surface area contributed by atoms with Crippen molar-refractivity contribution in [2.75, 3.05) is 22.9 Å². The Bertz CT molecular complexity index is 901. The number of rotatable bonds is 3. The Morgan fingerprint density at radius 2 is 1.32 bits per heavy atom. The number of carbonyl (C=O) groups excluding carboxylic acids is 2. The van der Waals surface area contributed by atoms with Crippen LogP contribution in [0, 0.1) is 0 Å². The monoisotopic (exact) mass is 332 g/mol. The second kappa shape index (κ2) is 5.94. The van der Waals surface area contributed by atoms with E-state index < -0.39 is 0 Å². The van der Waals surface area contributed by atoms with E-state index in [1.807, 2.05) is 60.7 Å². The molecule has 0 saturated heterocycles. The van der Waals surface area contributed by atoms with E-state index in [2.05, 4.69) is 0 Å². The van der Waals surface area contributed by atoms with Gasteiger partial charge < -0.3 is 14.9 Å². The van der Waals surface area contributed by atoms with Crippen LogP contribution in [0.3, 0.4) is 0 Å². The predicted molar refractivity (Wildman–Crippen MR) is 95.3 cm³/mol. The lowest BCUT2D eigenvalue weighted by molar-refractivity contribution is -0.114. The molecule has 25 heavy (non-hydrogen) atoms. The molecule has 2 aliphatic heterocycles. The van der Waals surface area contributed by atoms with Gasteiger partial charge in [-0.25, -0.2) is 0 Å². The second-order valence-corrected chi connectivity index (χ2v) is 5.98. The summed E-state index contributed by atoms with van der Waals surface area (Å²) in [5, 5.41) is 10.3. The molecular formula is C20H16N2O3. The minimum atomic E-state index is -0.280. The number of carbonyl (C=O) groups is 2. The third-order valence-corrected chi connectivity index (χ3v) is 4.40. The summed E-state index contributed by atoms with van der Waals surface area (Å²) in [5.41, 5.74) is 2.27. The Kier molecular flexibility index (Phi) is 3.61. The average Bonchev–Trinajstić information content (AvgIpc) is 3.16. The van der Waals surface area contributed by atoms with Crippen LogP contribution >= 0.6 is 0 Å². The number of anilines is 2. The third-order valence-electron chi connectivity index (χ3n) is 4.40. The Morgan fingerprint density at radius 1 is 0.760 bits per heavy atom. The van der Waals surface area contributed by atoms with Gasteiger partial charge in [-0.15, -0.1) is 0 Å². The zero-order chi connectivity index (χ0) is 17.4. The first-order chi connectivity index (χ1) is 12.1. The maximum absolute atomic E-state index is 12.8. The van der Waals surface area contributed by atoms with Crippen molar-refractivity contribution in [2.24, 2.45) is 0 Å². The number of hydrogen-bond donors (Lipinski definition) is 1. The van der Waals surface area contributed by atoms with Crippen molar-refractivity contribution >= 4 is 23.2 Å². The number of aliphatic hydroxyl groups excluding tert-OH is 1. The zero-order valence-corrected chi connectivity index (χ0v) is 13.4. The summed E-state index contributed by atoms with van der Waals surface area (Å²) in [6.45, 7) is 0.395. The van der Waals surface area contributed by atoms with Crippen molar-refractivity contribution in [3.8, 4) is 0 Å². The minimum Gasteiger partial charge on any atom is -0.510 e. The summed E-state index contributed by atoms with van der Waals surface area (Å²) < 4.78 is 0. The fourth-order valence-electron chi connectivity index (χ4n) is 3.20. The van der Waals surface area contributed by atoms with Gasteiger partial charge in [-0.05, 0) is 29.8 Å². The van der Waals surface area contributed by atoms with E-state index in [4.69, 9.17) is 0 Å². The summed E-state index contributed by atoms with van der Waals surface area (Å²) in [5.74, 6) is -0.465. The Balaban J connectivity index is 1.60. The zero-order valence-electron chi connectivity index (χ0n) is 13.4. The Morgan fingerprint density at radius 3 is 1.92 bits per heavy atom. The topological polar surface area (TPSA) is 60.9 Å². The van der Waals surface area contributed by atoms with Gasteiger partial charge in [-0.1, -0.05) is 36.4 Å². The standard InChI is InChI=1S/C20H16N2O3/c23-17-13-22(16-9-5-2-6-10-16)20(25)19(17)14-11-18(24)21(12-14)15-7-3-1-4-8-15/h1-11,23H,12-13H2. The summed E-state index contributed by atoms with van der Waals surface area (Å²) in [6.07, 6.45) is 1.44. The molecule has 2 aromatic rings. The van der Waals surface area contributed by atoms with Crippen molar-refractivity contribution in [1.29, 1.82) is 0 Å². The average molecular weight is 332 g/mol. The summed E-state index contributed by atoms with van der Waals surface area (Å²) in [7, 11) is 0. The van der Waals surface area contributed by atoms with E-state index >= 15 is 0 Å². The first-order valence-electron chi connectivity index (χ1n) is 8.01. The molecule has 1 N–H and O–H groups in total. The summed E-state index contributed by atoms with van der Waals surface area (Å²) in [6, 6.07) is 18.5. The fourth-order valence-corrected chi connectivity index (χ4v) is 3.20. The summed E-state index contributed by atoms with van der Waals surface area (Å²) >= 11 is 0. The van der Waals surface area contributed by atoms with Crippen molar-refractivity contribution < 1.29 is 14.7 Å². The molecule has 0 fully saturated rings. The fraction of sp³-hybridized carbons (Fsp3) is 0.100. The van der Waals surface area contributed by atoms with E-state index in [0.717, 1.165) is 11.4 Å². The van der Waals surface area contributed by atoms with Gasteiger partial charge in [-0.2, -0.15) is 0 Å². The number of aliphatic hydroxyl groups is 1. The van der Waals surface area contributed by atoms with Crippen LogP contribution in [0.1, 0.15) is 0 Å². The van der Waals surface area contributed by atoms with Crippen LogP contribution in [-0.2, 0) is 9.59 Å². The number of nitrogens with zero attached hydrogens (tertiary/aromatic N) is 2. The molecule has 0 saturated carbocycles. The van der Waals surface area contributed by atoms with Gasteiger partial charge in [-0.3, -0.25) is 9.59 Å². The number of amides is 2. The smallest absolute Gasteiger partial charge is 0.262 e. The quantitative estimate of drug-likeness (QED) is 0.940. The van der Waals surface area contributed by atoms with Crippen molar-refractivity contribution in [2.45, 2.75) is 0 Å². The van der Waals surface area contributed by atoms with E-state index in [1.165, 1.54) is 11.0 Å². The maximum atomic E-state index is 12.8. The number of hydrogen-bond acceptors (Lipinski definition) is 3. The van der Waals surface area contributed by atoms with Gasteiger partial charge in [0.1, 0.15) is 5.76 Å². The predicted octanol–water partition coefficient (Wildman–Crippen LogP) is 2.82. The van der Waals surface area contributed by atoms with Gasteiger partial charge in [0.05, 0.1) is 18.7 Å². The van der Waals surface area contributed by atoms with Gasteiger partial charge in [0, 0.05) is 17.5 Å². The number of para-hydroxylation sites is 2. The molecule has 0 spiro atoms. The molecule has 124 valence electrons. The molecule has 2 aliphatic rings. The van der Waals surface area contributed by atoms with Crippen LogP contribution in [0.5, 0.6) is 0 Å². The Hall–Kier alpha value is -3.34. The van der Waals surface area contributed by atoms with Gasteiger partial charge in [0.15, 0.2) is 0 Å². The van der Waals surface area contributed by atoms with E-state index in [0.29, 0.717) is 5.57 Å². The van der Waals surface area contributed by atoms with Gasteiger partial charge >= 0.3 is 0 Å². The minimum absolute atomic E-state index is 0.00261. The number of benzene rings is 2. The van der Waals surface area contributed by atoms with Gasteiger partial charge in [0.2, 0.25) is 0 Å². The van der Waals surface area contributed by atoms with Crippen molar-refractivity contribution in [1.82, 2.24) is 0 Å². The van der Waals surface area contributed by atoms with Crippen LogP contribution in [0.15, 0.2) is 83.6 Å². The lowest BCUT2D eigenvalue weighted by atomic mass is 10.1. The maximum Gasteiger partial charge on any atom is 0.262 e. The van der Waals surface area contributed by atoms with E-state index in [1.54, 1.807) is 4.90 Å².